The highest BCUT2D eigenvalue weighted by Gasteiger charge is 2.14. The van der Waals surface area contributed by atoms with Gasteiger partial charge in [-0.15, -0.1) is 0 Å². The van der Waals surface area contributed by atoms with Crippen LogP contribution in [0.3, 0.4) is 0 Å². The Morgan fingerprint density at radius 3 is 2.78 bits per heavy atom. The Morgan fingerprint density at radius 1 is 1.33 bits per heavy atom. The summed E-state index contributed by atoms with van der Waals surface area (Å²) in [5.74, 6) is 0.162. The number of hydrogen-bond acceptors (Lipinski definition) is 2. The summed E-state index contributed by atoms with van der Waals surface area (Å²) in [7, 11) is 1.69. The van der Waals surface area contributed by atoms with Gasteiger partial charge in [-0.1, -0.05) is 38.0 Å². The first-order valence-electron chi connectivity index (χ1n) is 6.73. The van der Waals surface area contributed by atoms with Crippen LogP contribution in [0.2, 0.25) is 0 Å². The van der Waals surface area contributed by atoms with Gasteiger partial charge in [-0.2, -0.15) is 0 Å². The Balaban J connectivity index is 2.57. The molecule has 1 aromatic rings. The van der Waals surface area contributed by atoms with Crippen molar-refractivity contribution in [3.8, 4) is 0 Å². The molecule has 0 amide bonds. The van der Waals surface area contributed by atoms with Crippen molar-refractivity contribution >= 4 is 0 Å². The first-order chi connectivity index (χ1) is 8.79. The summed E-state index contributed by atoms with van der Waals surface area (Å²) < 4.78 is 18.8. The van der Waals surface area contributed by atoms with Crippen molar-refractivity contribution in [3.63, 3.8) is 0 Å². The standard InChI is InChI=1S/C15H24FNO/c1-3-4-7-13(12-17-10-11-18-2)14-8-5-6-9-15(14)16/h5-6,8-9,13,17H,3-4,7,10-12H2,1-2H3. The molecule has 0 heterocycles. The normalized spacial score (nSPS) is 12.6. The second-order valence-electron chi connectivity index (χ2n) is 4.56. The zero-order valence-electron chi connectivity index (χ0n) is 11.4. The van der Waals surface area contributed by atoms with E-state index in [9.17, 15) is 4.39 Å². The molecule has 0 bridgehead atoms. The molecule has 1 aromatic carbocycles. The van der Waals surface area contributed by atoms with E-state index < -0.39 is 0 Å². The summed E-state index contributed by atoms with van der Waals surface area (Å²) in [6.07, 6.45) is 3.30. The second kappa shape index (κ2) is 9.06. The molecule has 0 saturated heterocycles. The number of methoxy groups -OCH3 is 1. The van der Waals surface area contributed by atoms with Crippen molar-refractivity contribution in [1.82, 2.24) is 5.32 Å². The predicted molar refractivity (Wildman–Crippen MR) is 73.4 cm³/mol. The van der Waals surface area contributed by atoms with E-state index in [0.717, 1.165) is 37.9 Å². The van der Waals surface area contributed by atoms with Crippen LogP contribution < -0.4 is 5.32 Å². The third-order valence-electron chi connectivity index (χ3n) is 3.12. The molecule has 0 fully saturated rings. The Hall–Kier alpha value is -0.930. The lowest BCUT2D eigenvalue weighted by Gasteiger charge is -2.18. The van der Waals surface area contributed by atoms with E-state index in [-0.39, 0.29) is 11.7 Å². The highest BCUT2D eigenvalue weighted by atomic mass is 19.1. The largest absolute Gasteiger partial charge is 0.383 e. The maximum Gasteiger partial charge on any atom is 0.126 e. The highest BCUT2D eigenvalue weighted by Crippen LogP contribution is 2.23. The molecule has 1 N–H and O–H groups in total. The molecule has 0 radical (unpaired) electrons. The second-order valence-corrected chi connectivity index (χ2v) is 4.56. The fraction of sp³-hybridized carbons (Fsp3) is 0.600. The average Bonchev–Trinajstić information content (AvgIpc) is 2.39. The smallest absolute Gasteiger partial charge is 0.126 e. The number of nitrogens with one attached hydrogen (secondary N) is 1. The molecule has 0 aromatic heterocycles. The number of unbranched alkanes of at least 4 members (excludes halogenated alkanes) is 1. The van der Waals surface area contributed by atoms with Crippen molar-refractivity contribution in [2.45, 2.75) is 32.1 Å². The summed E-state index contributed by atoms with van der Waals surface area (Å²) in [6, 6.07) is 7.09. The minimum Gasteiger partial charge on any atom is -0.383 e. The molecule has 0 saturated carbocycles. The number of hydrogen-bond donors (Lipinski definition) is 1. The van der Waals surface area contributed by atoms with E-state index in [1.54, 1.807) is 19.2 Å². The summed E-state index contributed by atoms with van der Waals surface area (Å²) in [6.45, 7) is 4.48. The quantitative estimate of drug-likeness (QED) is 0.682. The van der Waals surface area contributed by atoms with E-state index in [2.05, 4.69) is 12.2 Å². The zero-order chi connectivity index (χ0) is 13.2. The third kappa shape index (κ3) is 5.15. The first-order valence-corrected chi connectivity index (χ1v) is 6.73. The van der Waals surface area contributed by atoms with Gasteiger partial charge in [0.15, 0.2) is 0 Å². The van der Waals surface area contributed by atoms with Crippen LogP contribution in [-0.2, 0) is 4.74 Å². The molecule has 102 valence electrons. The number of benzene rings is 1. The van der Waals surface area contributed by atoms with Crippen LogP contribution in [0.1, 0.15) is 37.7 Å². The number of halogens is 1. The van der Waals surface area contributed by atoms with Crippen molar-refractivity contribution < 1.29 is 9.13 Å². The average molecular weight is 253 g/mol. The van der Waals surface area contributed by atoms with E-state index in [4.69, 9.17) is 4.74 Å². The predicted octanol–water partition coefficient (Wildman–Crippen LogP) is 3.34. The van der Waals surface area contributed by atoms with Crippen LogP contribution >= 0.6 is 0 Å². The molecular formula is C15H24FNO. The number of rotatable bonds is 9. The van der Waals surface area contributed by atoms with Crippen LogP contribution in [0.25, 0.3) is 0 Å². The molecule has 0 aliphatic carbocycles. The van der Waals surface area contributed by atoms with Gasteiger partial charge in [0.1, 0.15) is 5.82 Å². The van der Waals surface area contributed by atoms with Gasteiger partial charge in [0, 0.05) is 20.2 Å². The van der Waals surface area contributed by atoms with Crippen LogP contribution in [0.4, 0.5) is 4.39 Å². The molecule has 2 nitrogen and oxygen atoms in total. The maximum absolute atomic E-state index is 13.8. The van der Waals surface area contributed by atoms with Gasteiger partial charge in [-0.25, -0.2) is 4.39 Å². The Bertz CT molecular complexity index is 330. The van der Waals surface area contributed by atoms with Crippen LogP contribution in [0, 0.1) is 5.82 Å². The van der Waals surface area contributed by atoms with Gasteiger partial charge in [-0.3, -0.25) is 0 Å². The van der Waals surface area contributed by atoms with Gasteiger partial charge in [0.25, 0.3) is 0 Å². The molecule has 18 heavy (non-hydrogen) atoms. The van der Waals surface area contributed by atoms with Crippen molar-refractivity contribution in [1.29, 1.82) is 0 Å². The Morgan fingerprint density at radius 2 is 2.11 bits per heavy atom. The first kappa shape index (κ1) is 15.1. The molecular weight excluding hydrogens is 229 g/mol. The van der Waals surface area contributed by atoms with E-state index >= 15 is 0 Å². The van der Waals surface area contributed by atoms with Crippen LogP contribution in [0.15, 0.2) is 24.3 Å². The van der Waals surface area contributed by atoms with Gasteiger partial charge < -0.3 is 10.1 Å². The monoisotopic (exact) mass is 253 g/mol. The van der Waals surface area contributed by atoms with Gasteiger partial charge in [-0.05, 0) is 24.0 Å². The molecule has 0 aliphatic heterocycles. The fourth-order valence-electron chi connectivity index (χ4n) is 2.07. The van der Waals surface area contributed by atoms with Gasteiger partial charge in [0.2, 0.25) is 0 Å². The summed E-state index contributed by atoms with van der Waals surface area (Å²) in [5.41, 5.74) is 0.830. The SMILES string of the molecule is CCCCC(CNCCOC)c1ccccc1F. The molecule has 1 rings (SSSR count). The Labute approximate surface area is 110 Å². The molecule has 0 aliphatic rings. The maximum atomic E-state index is 13.8. The van der Waals surface area contributed by atoms with Crippen LogP contribution in [0.5, 0.6) is 0 Å². The summed E-state index contributed by atoms with van der Waals surface area (Å²) in [4.78, 5) is 0. The minimum absolute atomic E-state index is 0.0906. The molecule has 3 heteroatoms. The lowest BCUT2D eigenvalue weighted by Crippen LogP contribution is -2.25. The lowest BCUT2D eigenvalue weighted by molar-refractivity contribution is 0.198. The minimum atomic E-state index is -0.0906. The third-order valence-corrected chi connectivity index (χ3v) is 3.12. The molecule has 0 spiro atoms. The van der Waals surface area contributed by atoms with Gasteiger partial charge >= 0.3 is 0 Å². The summed E-state index contributed by atoms with van der Waals surface area (Å²) >= 11 is 0. The Kier molecular flexibility index (Phi) is 7.62. The van der Waals surface area contributed by atoms with E-state index in [0.29, 0.717) is 6.61 Å². The van der Waals surface area contributed by atoms with Crippen molar-refractivity contribution in [3.05, 3.63) is 35.6 Å². The molecule has 1 atom stereocenters. The van der Waals surface area contributed by atoms with Crippen molar-refractivity contribution in [2.24, 2.45) is 0 Å². The van der Waals surface area contributed by atoms with E-state index in [1.807, 2.05) is 12.1 Å². The van der Waals surface area contributed by atoms with Crippen LogP contribution in [-0.4, -0.2) is 26.8 Å². The molecule has 1 unspecified atom stereocenters. The zero-order valence-corrected chi connectivity index (χ0v) is 11.4. The topological polar surface area (TPSA) is 21.3 Å². The van der Waals surface area contributed by atoms with Gasteiger partial charge in [0.05, 0.1) is 6.61 Å². The summed E-state index contributed by atoms with van der Waals surface area (Å²) in [5, 5.41) is 3.33. The van der Waals surface area contributed by atoms with Crippen molar-refractivity contribution in [2.75, 3.05) is 26.8 Å². The highest BCUT2D eigenvalue weighted by molar-refractivity contribution is 5.22. The number of ether oxygens (including phenoxy) is 1. The fourth-order valence-corrected chi connectivity index (χ4v) is 2.07. The van der Waals surface area contributed by atoms with E-state index in [1.165, 1.54) is 0 Å². The lowest BCUT2D eigenvalue weighted by atomic mass is 9.93.